The SMILES string of the molecule is CN[C@@H](C)C(=O)N[C@H]1CCSC2CC(C)(C)[C@@H](C(=O)N[C@H](C(=O)N3CCN(C(=O)[C@@H](NC(=O)[C@H]4N5C(=O)[C@@H](NC(=O)[C@H](C)NC)CCS[C@H]5CC4(C)C)c4ccccc4)CC3)c3ccccc3)N2C1=O. The summed E-state index contributed by atoms with van der Waals surface area (Å²) in [5.41, 5.74) is -0.212. The first-order chi connectivity index (χ1) is 33.3. The number of amides is 8. The molecule has 5 saturated heterocycles. The lowest BCUT2D eigenvalue weighted by Gasteiger charge is -2.39. The lowest BCUT2D eigenvalue weighted by molar-refractivity contribution is -0.147. The van der Waals surface area contributed by atoms with Crippen LogP contribution in [0.2, 0.25) is 0 Å². The van der Waals surface area contributed by atoms with Gasteiger partial charge in [-0.25, -0.2) is 0 Å². The molecule has 0 saturated carbocycles. The molecule has 2 aromatic rings. The molecule has 5 aliphatic heterocycles. The molecule has 0 aromatic heterocycles. The summed E-state index contributed by atoms with van der Waals surface area (Å²) in [6.45, 7) is 11.8. The second kappa shape index (κ2) is 22.1. The summed E-state index contributed by atoms with van der Waals surface area (Å²) in [6.07, 6.45) is 1.93. The number of carbonyl (C=O) groups is 8. The van der Waals surface area contributed by atoms with Gasteiger partial charge >= 0.3 is 0 Å². The first kappa shape index (κ1) is 52.6. The number of hydrogen-bond acceptors (Lipinski definition) is 12. The average Bonchev–Trinajstić information content (AvgIpc) is 3.67. The fraction of sp³-hybridized carbons (Fsp3) is 0.600. The van der Waals surface area contributed by atoms with Gasteiger partial charge in [0.05, 0.1) is 22.8 Å². The molecule has 10 atom stereocenters. The van der Waals surface area contributed by atoms with Crippen LogP contribution in [0.15, 0.2) is 60.7 Å². The molecule has 0 bridgehead atoms. The minimum Gasteiger partial charge on any atom is -0.343 e. The van der Waals surface area contributed by atoms with E-state index < -0.39 is 71.0 Å². The molecule has 5 heterocycles. The molecule has 5 fully saturated rings. The third-order valence-corrected chi connectivity index (χ3v) is 17.1. The maximum atomic E-state index is 14.7. The summed E-state index contributed by atoms with van der Waals surface area (Å²) < 4.78 is 0. The number of carbonyl (C=O) groups excluding carboxylic acids is 8. The Bertz CT molecular complexity index is 2120. The fourth-order valence-corrected chi connectivity index (χ4v) is 13.5. The standard InChI is InChI=1S/C50H70N10O8S2/c1-29(51-7)41(61)53-33-19-25-69-35-27-49(3,4)39(59(35)45(33)65)43(63)55-37(31-15-11-9-12-16-31)47(67)57-21-23-58(24-22-57)48(68)38(32-17-13-10-14-18-32)56-44(64)40-50(5,6)28-36-60(40)46(66)34(20-26-70-36)54-42(62)30(2)52-8/h9-18,29-30,33-40,51-52H,19-28H2,1-8H3,(H,53,61)(H,54,62)(H,55,63)(H,56,64)/t29-,30-,33-,34-,35-,36?,37-,38-,39+,40+/m0/s1. The highest BCUT2D eigenvalue weighted by molar-refractivity contribution is 8.00. The fourth-order valence-electron chi connectivity index (χ4n) is 10.4. The highest BCUT2D eigenvalue weighted by Gasteiger charge is 2.56. The number of likely N-dealkylation sites (N-methyl/N-ethyl adjacent to an activating group) is 2. The van der Waals surface area contributed by atoms with E-state index in [9.17, 15) is 38.4 Å². The molecule has 70 heavy (non-hydrogen) atoms. The molecular weight excluding hydrogens is 933 g/mol. The Kier molecular flexibility index (Phi) is 16.6. The highest BCUT2D eigenvalue weighted by Crippen LogP contribution is 2.48. The van der Waals surface area contributed by atoms with Crippen LogP contribution in [-0.4, -0.2) is 166 Å². The van der Waals surface area contributed by atoms with Crippen molar-refractivity contribution in [3.05, 3.63) is 71.8 Å². The Hall–Kier alpha value is -5.18. The highest BCUT2D eigenvalue weighted by atomic mass is 32.2. The van der Waals surface area contributed by atoms with Gasteiger partial charge in [-0.3, -0.25) is 38.4 Å². The molecule has 6 N–H and O–H groups in total. The molecule has 2 aromatic carbocycles. The van der Waals surface area contributed by atoms with E-state index >= 15 is 0 Å². The third-order valence-electron chi connectivity index (χ3n) is 14.6. The number of thioether (sulfide) groups is 2. The van der Waals surface area contributed by atoms with Crippen LogP contribution < -0.4 is 31.9 Å². The van der Waals surface area contributed by atoms with Crippen molar-refractivity contribution >= 4 is 70.8 Å². The van der Waals surface area contributed by atoms with Crippen LogP contribution in [0.5, 0.6) is 0 Å². The van der Waals surface area contributed by atoms with Gasteiger partial charge in [0.15, 0.2) is 0 Å². The quantitative estimate of drug-likeness (QED) is 0.160. The van der Waals surface area contributed by atoms with Crippen LogP contribution in [0.1, 0.15) is 90.4 Å². The van der Waals surface area contributed by atoms with Crippen molar-refractivity contribution in [2.45, 2.75) is 126 Å². The maximum Gasteiger partial charge on any atom is 0.249 e. The van der Waals surface area contributed by atoms with E-state index in [0.29, 0.717) is 48.3 Å². The number of benzene rings is 2. The zero-order valence-electron chi connectivity index (χ0n) is 41.5. The number of nitrogens with one attached hydrogen (secondary N) is 6. The van der Waals surface area contributed by atoms with Crippen molar-refractivity contribution in [3.63, 3.8) is 0 Å². The van der Waals surface area contributed by atoms with E-state index in [2.05, 4.69) is 31.9 Å². The van der Waals surface area contributed by atoms with Gasteiger partial charge < -0.3 is 51.5 Å². The Morgan fingerprint density at radius 2 is 0.914 bits per heavy atom. The maximum absolute atomic E-state index is 14.7. The summed E-state index contributed by atoms with van der Waals surface area (Å²) in [6, 6.07) is 11.1. The van der Waals surface area contributed by atoms with E-state index in [4.69, 9.17) is 0 Å². The predicted molar refractivity (Wildman–Crippen MR) is 269 cm³/mol. The van der Waals surface area contributed by atoms with Crippen LogP contribution >= 0.6 is 23.5 Å². The molecule has 1 unspecified atom stereocenters. The van der Waals surface area contributed by atoms with Crippen LogP contribution in [0, 0.1) is 10.8 Å². The molecule has 7 rings (SSSR count). The van der Waals surface area contributed by atoms with Gasteiger partial charge in [0.2, 0.25) is 47.3 Å². The average molecular weight is 1000 g/mol. The van der Waals surface area contributed by atoms with Crippen molar-refractivity contribution in [2.24, 2.45) is 10.8 Å². The van der Waals surface area contributed by atoms with E-state index in [-0.39, 0.29) is 72.4 Å². The van der Waals surface area contributed by atoms with Gasteiger partial charge in [0.25, 0.3) is 0 Å². The van der Waals surface area contributed by atoms with Gasteiger partial charge in [-0.05, 0) is 87.1 Å². The zero-order valence-corrected chi connectivity index (χ0v) is 43.1. The largest absolute Gasteiger partial charge is 0.343 e. The summed E-state index contributed by atoms with van der Waals surface area (Å²) >= 11 is 3.18. The second-order valence-electron chi connectivity index (χ2n) is 20.4. The molecule has 380 valence electrons. The van der Waals surface area contributed by atoms with Crippen molar-refractivity contribution in [3.8, 4) is 0 Å². The predicted octanol–water partition coefficient (Wildman–Crippen LogP) is 1.74. The summed E-state index contributed by atoms with van der Waals surface area (Å²) in [5.74, 6) is -1.74. The number of nitrogens with zero attached hydrogens (tertiary/aromatic N) is 4. The molecule has 0 radical (unpaired) electrons. The van der Waals surface area contributed by atoms with E-state index in [1.54, 1.807) is 120 Å². The molecule has 20 heteroatoms. The van der Waals surface area contributed by atoms with Crippen molar-refractivity contribution in [1.29, 1.82) is 0 Å². The molecule has 0 aliphatic carbocycles. The normalized spacial score (nSPS) is 26.9. The minimum atomic E-state index is -1.11. The first-order valence-corrected chi connectivity index (χ1v) is 26.5. The Labute approximate surface area is 419 Å². The molecule has 5 aliphatic rings. The lowest BCUT2D eigenvalue weighted by atomic mass is 9.83. The molecule has 18 nitrogen and oxygen atoms in total. The van der Waals surface area contributed by atoms with Crippen molar-refractivity contribution in [2.75, 3.05) is 51.8 Å². The molecule has 0 spiro atoms. The molecular formula is C50H70N10O8S2. The summed E-state index contributed by atoms with van der Waals surface area (Å²) in [5, 5.41) is 17.1. The van der Waals surface area contributed by atoms with Crippen LogP contribution in [0.25, 0.3) is 0 Å². The topological polar surface area (TPSA) is 222 Å². The van der Waals surface area contributed by atoms with Crippen LogP contribution in [0.4, 0.5) is 0 Å². The molecule has 8 amide bonds. The van der Waals surface area contributed by atoms with E-state index in [1.165, 1.54) is 0 Å². The lowest BCUT2D eigenvalue weighted by Crippen LogP contribution is -2.60. The third kappa shape index (κ3) is 11.1. The monoisotopic (exact) mass is 1000 g/mol. The van der Waals surface area contributed by atoms with Gasteiger partial charge in [0.1, 0.15) is 36.3 Å². The number of hydrogen-bond donors (Lipinski definition) is 6. The Morgan fingerprint density at radius 1 is 0.571 bits per heavy atom. The van der Waals surface area contributed by atoms with Gasteiger partial charge in [-0.1, -0.05) is 88.4 Å². The van der Waals surface area contributed by atoms with Crippen LogP contribution in [0.3, 0.4) is 0 Å². The van der Waals surface area contributed by atoms with Crippen molar-refractivity contribution in [1.82, 2.24) is 51.5 Å². The summed E-state index contributed by atoms with van der Waals surface area (Å²) in [4.78, 5) is 120. The first-order valence-electron chi connectivity index (χ1n) is 24.4. The second-order valence-corrected chi connectivity index (χ2v) is 23.0. The Balaban J connectivity index is 1.06. The van der Waals surface area contributed by atoms with Crippen molar-refractivity contribution < 1.29 is 38.4 Å². The van der Waals surface area contributed by atoms with Gasteiger partial charge in [0, 0.05) is 26.2 Å². The zero-order chi connectivity index (χ0) is 50.7. The minimum absolute atomic E-state index is 0.139. The smallest absolute Gasteiger partial charge is 0.249 e. The summed E-state index contributed by atoms with van der Waals surface area (Å²) in [7, 11) is 3.34. The number of rotatable bonds is 14. The van der Waals surface area contributed by atoms with Gasteiger partial charge in [-0.2, -0.15) is 0 Å². The van der Waals surface area contributed by atoms with Crippen LogP contribution in [-0.2, 0) is 38.4 Å². The Morgan fingerprint density at radius 3 is 1.24 bits per heavy atom. The van der Waals surface area contributed by atoms with Gasteiger partial charge in [-0.15, -0.1) is 23.5 Å². The number of piperazine rings is 1. The van der Waals surface area contributed by atoms with E-state index in [0.717, 1.165) is 0 Å². The number of fused-ring (bicyclic) bond motifs is 2. The van der Waals surface area contributed by atoms with E-state index in [1.807, 2.05) is 39.8 Å².